The van der Waals surface area contributed by atoms with E-state index >= 15 is 0 Å². The Bertz CT molecular complexity index is 750. The van der Waals surface area contributed by atoms with Crippen LogP contribution < -0.4 is 15.4 Å². The number of amides is 1. The summed E-state index contributed by atoms with van der Waals surface area (Å²) in [6.45, 7) is 4.49. The van der Waals surface area contributed by atoms with Gasteiger partial charge in [0.2, 0.25) is 5.91 Å². The SMILES string of the molecule is CC(NC(C)c1ccccc1Cl)C(=O)NC1CCOc2ccccc21. The van der Waals surface area contributed by atoms with Crippen molar-refractivity contribution in [2.75, 3.05) is 6.61 Å². The predicted octanol–water partition coefficient (Wildman–Crippen LogP) is 4.02. The Morgan fingerprint density at radius 1 is 1.16 bits per heavy atom. The molecule has 1 heterocycles. The fourth-order valence-electron chi connectivity index (χ4n) is 3.16. The van der Waals surface area contributed by atoms with Gasteiger partial charge in [-0.05, 0) is 31.5 Å². The van der Waals surface area contributed by atoms with E-state index in [1.54, 1.807) is 0 Å². The van der Waals surface area contributed by atoms with E-state index in [0.29, 0.717) is 11.6 Å². The van der Waals surface area contributed by atoms with Crippen LogP contribution in [0.3, 0.4) is 0 Å². The molecule has 5 heteroatoms. The molecule has 0 radical (unpaired) electrons. The Balaban J connectivity index is 1.63. The average molecular weight is 359 g/mol. The van der Waals surface area contributed by atoms with Crippen LogP contribution in [0.2, 0.25) is 5.02 Å². The molecule has 4 nitrogen and oxygen atoms in total. The highest BCUT2D eigenvalue weighted by molar-refractivity contribution is 6.31. The Morgan fingerprint density at radius 3 is 2.68 bits per heavy atom. The van der Waals surface area contributed by atoms with Crippen LogP contribution in [0.1, 0.15) is 43.5 Å². The van der Waals surface area contributed by atoms with Crippen molar-refractivity contribution in [3.05, 3.63) is 64.7 Å². The fourth-order valence-corrected chi connectivity index (χ4v) is 3.45. The lowest BCUT2D eigenvalue weighted by Gasteiger charge is -2.28. The van der Waals surface area contributed by atoms with Crippen molar-refractivity contribution in [3.8, 4) is 5.75 Å². The number of benzene rings is 2. The van der Waals surface area contributed by atoms with Gasteiger partial charge in [0.1, 0.15) is 5.75 Å². The van der Waals surface area contributed by atoms with E-state index in [0.717, 1.165) is 23.3 Å². The summed E-state index contributed by atoms with van der Waals surface area (Å²) in [4.78, 5) is 12.6. The van der Waals surface area contributed by atoms with Gasteiger partial charge >= 0.3 is 0 Å². The smallest absolute Gasteiger partial charge is 0.237 e. The van der Waals surface area contributed by atoms with Gasteiger partial charge < -0.3 is 10.1 Å². The summed E-state index contributed by atoms with van der Waals surface area (Å²) in [5.41, 5.74) is 2.02. The molecule has 0 spiro atoms. The molecule has 0 aliphatic carbocycles. The Kier molecular flexibility index (Phi) is 5.61. The largest absolute Gasteiger partial charge is 0.493 e. The summed E-state index contributed by atoms with van der Waals surface area (Å²) in [5, 5.41) is 7.16. The first kappa shape index (κ1) is 17.8. The molecule has 3 atom stereocenters. The first-order valence-electron chi connectivity index (χ1n) is 8.59. The van der Waals surface area contributed by atoms with Gasteiger partial charge in [0.25, 0.3) is 0 Å². The maximum atomic E-state index is 12.6. The number of ether oxygens (including phenoxy) is 1. The molecule has 0 aromatic heterocycles. The number of hydrogen-bond donors (Lipinski definition) is 2. The molecule has 1 aliphatic rings. The van der Waals surface area contributed by atoms with E-state index in [-0.39, 0.29) is 24.0 Å². The minimum atomic E-state index is -0.332. The third-order valence-corrected chi connectivity index (χ3v) is 4.88. The second-order valence-electron chi connectivity index (χ2n) is 6.37. The van der Waals surface area contributed by atoms with Crippen LogP contribution in [0.4, 0.5) is 0 Å². The molecule has 2 N–H and O–H groups in total. The monoisotopic (exact) mass is 358 g/mol. The first-order valence-corrected chi connectivity index (χ1v) is 8.96. The zero-order valence-corrected chi connectivity index (χ0v) is 15.2. The summed E-state index contributed by atoms with van der Waals surface area (Å²) in [5.74, 6) is 0.824. The molecule has 1 amide bonds. The van der Waals surface area contributed by atoms with Gasteiger partial charge in [0.15, 0.2) is 0 Å². The van der Waals surface area contributed by atoms with Gasteiger partial charge in [-0.3, -0.25) is 10.1 Å². The second kappa shape index (κ2) is 7.89. The van der Waals surface area contributed by atoms with Crippen molar-refractivity contribution >= 4 is 17.5 Å². The Labute approximate surface area is 153 Å². The summed E-state index contributed by atoms with van der Waals surface area (Å²) in [7, 11) is 0. The van der Waals surface area contributed by atoms with E-state index < -0.39 is 0 Å². The van der Waals surface area contributed by atoms with E-state index in [2.05, 4.69) is 10.6 Å². The number of hydrogen-bond acceptors (Lipinski definition) is 3. The van der Waals surface area contributed by atoms with E-state index in [1.807, 2.05) is 62.4 Å². The normalized spacial score (nSPS) is 18.6. The molecule has 0 saturated carbocycles. The quantitative estimate of drug-likeness (QED) is 0.848. The van der Waals surface area contributed by atoms with Crippen molar-refractivity contribution in [2.45, 2.75) is 38.4 Å². The molecule has 1 aliphatic heterocycles. The third kappa shape index (κ3) is 4.14. The minimum absolute atomic E-state index is 0.0164. The maximum absolute atomic E-state index is 12.6. The van der Waals surface area contributed by atoms with Gasteiger partial charge in [-0.2, -0.15) is 0 Å². The molecule has 0 fully saturated rings. The van der Waals surface area contributed by atoms with Gasteiger partial charge in [-0.25, -0.2) is 0 Å². The van der Waals surface area contributed by atoms with Crippen molar-refractivity contribution < 1.29 is 9.53 Å². The highest BCUT2D eigenvalue weighted by Crippen LogP contribution is 2.31. The number of para-hydroxylation sites is 1. The van der Waals surface area contributed by atoms with Crippen LogP contribution in [0.25, 0.3) is 0 Å². The van der Waals surface area contributed by atoms with Crippen LogP contribution in [0, 0.1) is 0 Å². The molecule has 0 bridgehead atoms. The summed E-state index contributed by atoms with van der Waals surface area (Å²) >= 11 is 6.24. The molecule has 2 aromatic rings. The molecular weight excluding hydrogens is 336 g/mol. The number of rotatable bonds is 5. The maximum Gasteiger partial charge on any atom is 0.237 e. The van der Waals surface area contributed by atoms with Crippen LogP contribution in [0.5, 0.6) is 5.75 Å². The topological polar surface area (TPSA) is 50.4 Å². The highest BCUT2D eigenvalue weighted by Gasteiger charge is 2.25. The third-order valence-electron chi connectivity index (χ3n) is 4.54. The number of fused-ring (bicyclic) bond motifs is 1. The van der Waals surface area contributed by atoms with Gasteiger partial charge in [0.05, 0.1) is 18.7 Å². The van der Waals surface area contributed by atoms with Crippen molar-refractivity contribution in [1.82, 2.24) is 10.6 Å². The Morgan fingerprint density at radius 2 is 1.88 bits per heavy atom. The molecular formula is C20H23ClN2O2. The predicted molar refractivity (Wildman–Crippen MR) is 99.9 cm³/mol. The van der Waals surface area contributed by atoms with Crippen molar-refractivity contribution in [2.24, 2.45) is 0 Å². The number of halogens is 1. The van der Waals surface area contributed by atoms with Crippen LogP contribution in [-0.4, -0.2) is 18.6 Å². The Hall–Kier alpha value is -2.04. The molecule has 3 rings (SSSR count). The van der Waals surface area contributed by atoms with E-state index in [1.165, 1.54) is 0 Å². The number of carbonyl (C=O) groups excluding carboxylic acids is 1. The van der Waals surface area contributed by atoms with Crippen LogP contribution in [0.15, 0.2) is 48.5 Å². The standard InChI is InChI=1S/C20H23ClN2O2/c1-13(15-7-3-5-9-17(15)21)22-14(2)20(24)23-18-11-12-25-19-10-6-4-8-16(18)19/h3-10,13-14,18,22H,11-12H2,1-2H3,(H,23,24). The molecule has 2 aromatic carbocycles. The zero-order chi connectivity index (χ0) is 17.8. The van der Waals surface area contributed by atoms with Gasteiger partial charge in [0, 0.05) is 23.0 Å². The lowest BCUT2D eigenvalue weighted by atomic mass is 10.00. The fraction of sp³-hybridized carbons (Fsp3) is 0.350. The van der Waals surface area contributed by atoms with E-state index in [4.69, 9.17) is 16.3 Å². The number of carbonyl (C=O) groups is 1. The van der Waals surface area contributed by atoms with Crippen molar-refractivity contribution in [3.63, 3.8) is 0 Å². The molecule has 0 saturated heterocycles. The summed E-state index contributed by atoms with van der Waals surface area (Å²) in [6, 6.07) is 15.2. The zero-order valence-electron chi connectivity index (χ0n) is 14.5. The number of nitrogens with one attached hydrogen (secondary N) is 2. The van der Waals surface area contributed by atoms with E-state index in [9.17, 15) is 4.79 Å². The van der Waals surface area contributed by atoms with Crippen LogP contribution >= 0.6 is 11.6 Å². The summed E-state index contributed by atoms with van der Waals surface area (Å²) < 4.78 is 5.65. The summed E-state index contributed by atoms with van der Waals surface area (Å²) in [6.07, 6.45) is 0.773. The molecule has 3 unspecified atom stereocenters. The highest BCUT2D eigenvalue weighted by atomic mass is 35.5. The van der Waals surface area contributed by atoms with Gasteiger partial charge in [-0.1, -0.05) is 48.0 Å². The first-order chi connectivity index (χ1) is 12.1. The minimum Gasteiger partial charge on any atom is -0.493 e. The average Bonchev–Trinajstić information content (AvgIpc) is 2.62. The van der Waals surface area contributed by atoms with Crippen molar-refractivity contribution in [1.29, 1.82) is 0 Å². The lowest BCUT2D eigenvalue weighted by molar-refractivity contribution is -0.123. The van der Waals surface area contributed by atoms with Gasteiger partial charge in [-0.15, -0.1) is 0 Å². The van der Waals surface area contributed by atoms with Crippen LogP contribution in [-0.2, 0) is 4.79 Å². The second-order valence-corrected chi connectivity index (χ2v) is 6.77. The molecule has 132 valence electrons. The molecule has 25 heavy (non-hydrogen) atoms. The lowest BCUT2D eigenvalue weighted by Crippen LogP contribution is -2.45.